The molecule has 4 fully saturated rings. The minimum atomic E-state index is -0.0586. The Morgan fingerprint density at radius 2 is 1.79 bits per heavy atom. The van der Waals surface area contributed by atoms with Crippen LogP contribution >= 0.6 is 0 Å². The zero-order chi connectivity index (χ0) is 27.6. The summed E-state index contributed by atoms with van der Waals surface area (Å²) in [4.78, 5) is 29.6. The van der Waals surface area contributed by atoms with E-state index in [9.17, 15) is 9.59 Å². The van der Waals surface area contributed by atoms with Crippen molar-refractivity contribution in [2.75, 3.05) is 13.1 Å². The summed E-state index contributed by atoms with van der Waals surface area (Å²) in [5.41, 5.74) is 2.87. The maximum Gasteiger partial charge on any atom is 0.222 e. The number of allylic oxidation sites excluding steroid dienone is 2. The molecular formula is C34H48N2O3. The molecule has 0 spiro atoms. The largest absolute Gasteiger partial charge is 0.361 e. The van der Waals surface area contributed by atoms with Crippen molar-refractivity contribution in [2.24, 2.45) is 44.8 Å². The van der Waals surface area contributed by atoms with Crippen molar-refractivity contribution in [3.05, 3.63) is 29.2 Å². The molecule has 2 heterocycles. The highest BCUT2D eigenvalue weighted by molar-refractivity contribution is 5.95. The number of likely N-dealkylation sites (tertiary alicyclic amines) is 1. The molecule has 7 rings (SSSR count). The van der Waals surface area contributed by atoms with Gasteiger partial charge in [-0.3, -0.25) is 9.59 Å². The molecule has 1 amide bonds. The number of hydrogen-bond acceptors (Lipinski definition) is 4. The number of rotatable bonds is 2. The normalized spacial score (nSPS) is 46.5. The maximum absolute atomic E-state index is 14.6. The van der Waals surface area contributed by atoms with Gasteiger partial charge in [-0.25, -0.2) is 0 Å². The summed E-state index contributed by atoms with van der Waals surface area (Å²) < 4.78 is 5.74. The molecule has 212 valence electrons. The van der Waals surface area contributed by atoms with Gasteiger partial charge in [-0.15, -0.1) is 0 Å². The second kappa shape index (κ2) is 8.10. The Bertz CT molecular complexity index is 1260. The lowest BCUT2D eigenvalue weighted by atomic mass is 9.34. The highest BCUT2D eigenvalue weighted by atomic mass is 16.5. The highest BCUT2D eigenvalue weighted by Crippen LogP contribution is 2.74. The SMILES string of the molecule is C[C@@H]1c2oncc2C[C@]2(C)C3=CC(=O)[C@@H]4[C@@H]5CC(C)(C)CC[C@]5(CN5CCCC5=O)CC[C@@]4(C)[C@]3(C)CC[C@@H]12. The average Bonchev–Trinajstić information content (AvgIpc) is 3.50. The van der Waals surface area contributed by atoms with Gasteiger partial charge in [0.2, 0.25) is 5.91 Å². The van der Waals surface area contributed by atoms with Crippen LogP contribution in [0.5, 0.6) is 0 Å². The summed E-state index contributed by atoms with van der Waals surface area (Å²) in [6, 6.07) is 0. The summed E-state index contributed by atoms with van der Waals surface area (Å²) >= 11 is 0. The fourth-order valence-corrected chi connectivity index (χ4v) is 11.5. The van der Waals surface area contributed by atoms with Gasteiger partial charge in [0, 0.05) is 36.9 Å². The molecule has 0 unspecified atom stereocenters. The lowest BCUT2D eigenvalue weighted by molar-refractivity contribution is -0.174. The third-order valence-electron chi connectivity index (χ3n) is 13.9. The van der Waals surface area contributed by atoms with Crippen molar-refractivity contribution in [3.63, 3.8) is 0 Å². The van der Waals surface area contributed by atoms with E-state index < -0.39 is 0 Å². The monoisotopic (exact) mass is 532 g/mol. The maximum atomic E-state index is 14.6. The molecule has 0 N–H and O–H groups in total. The molecule has 0 aromatic carbocycles. The first kappa shape index (κ1) is 26.0. The summed E-state index contributed by atoms with van der Waals surface area (Å²) in [6.45, 7) is 16.4. The van der Waals surface area contributed by atoms with Crippen LogP contribution in [-0.2, 0) is 16.0 Å². The van der Waals surface area contributed by atoms with Crippen LogP contribution < -0.4 is 0 Å². The molecule has 5 nitrogen and oxygen atoms in total. The zero-order valence-corrected chi connectivity index (χ0v) is 25.1. The molecule has 6 aliphatic rings. The van der Waals surface area contributed by atoms with Gasteiger partial charge in [-0.1, -0.05) is 52.3 Å². The Balaban J connectivity index is 1.33. The summed E-state index contributed by atoms with van der Waals surface area (Å²) in [6.07, 6.45) is 14.7. The van der Waals surface area contributed by atoms with E-state index in [1.807, 2.05) is 6.20 Å². The van der Waals surface area contributed by atoms with Crippen LogP contribution in [0, 0.1) is 44.8 Å². The van der Waals surface area contributed by atoms with Crippen molar-refractivity contribution >= 4 is 11.7 Å². The van der Waals surface area contributed by atoms with Crippen LogP contribution in [0.25, 0.3) is 0 Å². The van der Waals surface area contributed by atoms with E-state index in [2.05, 4.69) is 57.7 Å². The molecular weight excluding hydrogens is 484 g/mol. The number of carbonyl (C=O) groups is 2. The summed E-state index contributed by atoms with van der Waals surface area (Å²) in [7, 11) is 0. The van der Waals surface area contributed by atoms with Gasteiger partial charge in [-0.05, 0) is 103 Å². The molecule has 3 saturated carbocycles. The fourth-order valence-electron chi connectivity index (χ4n) is 11.5. The number of amides is 1. The molecule has 0 bridgehead atoms. The molecule has 5 aliphatic carbocycles. The van der Waals surface area contributed by atoms with Crippen LogP contribution in [0.3, 0.4) is 0 Å². The van der Waals surface area contributed by atoms with E-state index in [1.54, 1.807) is 0 Å². The van der Waals surface area contributed by atoms with E-state index in [-0.39, 0.29) is 33.0 Å². The molecule has 1 aromatic heterocycles. The molecule has 8 atom stereocenters. The first-order chi connectivity index (χ1) is 18.3. The second-order valence-electron chi connectivity index (χ2n) is 16.2. The fraction of sp³-hybridized carbons (Fsp3) is 0.794. The van der Waals surface area contributed by atoms with Gasteiger partial charge in [0.05, 0.1) is 6.20 Å². The topological polar surface area (TPSA) is 63.4 Å². The van der Waals surface area contributed by atoms with Gasteiger partial charge in [-0.2, -0.15) is 0 Å². The van der Waals surface area contributed by atoms with E-state index in [1.165, 1.54) is 24.0 Å². The first-order valence-corrected chi connectivity index (χ1v) is 15.8. The van der Waals surface area contributed by atoms with Crippen molar-refractivity contribution in [1.82, 2.24) is 10.1 Å². The zero-order valence-electron chi connectivity index (χ0n) is 25.1. The third-order valence-corrected chi connectivity index (χ3v) is 13.9. The van der Waals surface area contributed by atoms with Gasteiger partial charge >= 0.3 is 0 Å². The van der Waals surface area contributed by atoms with Crippen molar-refractivity contribution < 1.29 is 14.1 Å². The summed E-state index contributed by atoms with van der Waals surface area (Å²) in [5.74, 6) is 2.97. The van der Waals surface area contributed by atoms with E-state index in [0.717, 1.165) is 63.8 Å². The Kier molecular flexibility index (Phi) is 5.40. The molecule has 0 radical (unpaired) electrons. The third kappa shape index (κ3) is 3.34. The van der Waals surface area contributed by atoms with Crippen LogP contribution in [0.1, 0.15) is 117 Å². The van der Waals surface area contributed by atoms with Gasteiger partial charge in [0.25, 0.3) is 0 Å². The molecule has 1 saturated heterocycles. The van der Waals surface area contributed by atoms with E-state index in [0.29, 0.717) is 35.9 Å². The second-order valence-corrected chi connectivity index (χ2v) is 16.2. The average molecular weight is 533 g/mol. The predicted molar refractivity (Wildman–Crippen MR) is 151 cm³/mol. The molecule has 1 aromatic rings. The van der Waals surface area contributed by atoms with Gasteiger partial charge in [0.15, 0.2) is 5.78 Å². The Labute approximate surface area is 234 Å². The van der Waals surface area contributed by atoms with Crippen molar-refractivity contribution in [2.45, 2.75) is 112 Å². The molecule has 5 heteroatoms. The first-order valence-electron chi connectivity index (χ1n) is 15.8. The van der Waals surface area contributed by atoms with Crippen LogP contribution in [-0.4, -0.2) is 34.8 Å². The number of fused-ring (bicyclic) bond motifs is 8. The van der Waals surface area contributed by atoms with Crippen LogP contribution in [0.15, 0.2) is 22.4 Å². The number of ketones is 1. The van der Waals surface area contributed by atoms with Crippen LogP contribution in [0.4, 0.5) is 0 Å². The highest BCUT2D eigenvalue weighted by Gasteiger charge is 2.69. The number of carbonyl (C=O) groups excluding carboxylic acids is 2. The molecule has 39 heavy (non-hydrogen) atoms. The van der Waals surface area contributed by atoms with Gasteiger partial charge in [0.1, 0.15) is 5.76 Å². The number of nitrogens with zero attached hydrogens (tertiary/aromatic N) is 2. The van der Waals surface area contributed by atoms with E-state index >= 15 is 0 Å². The Morgan fingerprint density at radius 1 is 1.03 bits per heavy atom. The number of aromatic nitrogens is 1. The standard InChI is InChI=1S/C34H48N2O3/c1-21-23-9-10-32(5)26(31(23,4)17-22-19-35-39-29(21)22)16-25(37)28-24-18-30(2,3)11-13-34(24,14-12-33(28,32)6)20-36-15-7-8-27(36)38/h16,19,21,23-24,28H,7-15,17-18,20H2,1-6H3/t21-,23-,24-,28-,31-,32+,33+,34+/m0/s1. The lowest BCUT2D eigenvalue weighted by Gasteiger charge is -2.69. The Morgan fingerprint density at radius 3 is 2.54 bits per heavy atom. The number of hydrogen-bond donors (Lipinski definition) is 0. The molecule has 1 aliphatic heterocycles. The Hall–Kier alpha value is -1.91. The van der Waals surface area contributed by atoms with E-state index in [4.69, 9.17) is 4.52 Å². The minimum Gasteiger partial charge on any atom is -0.361 e. The van der Waals surface area contributed by atoms with Crippen molar-refractivity contribution in [1.29, 1.82) is 0 Å². The summed E-state index contributed by atoms with van der Waals surface area (Å²) in [5, 5.41) is 4.18. The van der Waals surface area contributed by atoms with Crippen LogP contribution in [0.2, 0.25) is 0 Å². The van der Waals surface area contributed by atoms with Crippen molar-refractivity contribution in [3.8, 4) is 0 Å². The predicted octanol–water partition coefficient (Wildman–Crippen LogP) is 7.12. The smallest absolute Gasteiger partial charge is 0.222 e. The lowest BCUT2D eigenvalue weighted by Crippen LogP contribution is -2.65. The quantitative estimate of drug-likeness (QED) is 0.407. The van der Waals surface area contributed by atoms with Gasteiger partial charge < -0.3 is 9.42 Å². The minimum absolute atomic E-state index is 0.00241.